The fraction of sp³-hybridized carbons (Fsp3) is 0.831. The molecule has 0 fully saturated rings. The van der Waals surface area contributed by atoms with Crippen LogP contribution < -0.4 is 0 Å². The molecular weight excluding hydrogens is 1020 g/mol. The Morgan fingerprint density at radius 3 is 0.759 bits per heavy atom. The molecule has 0 bridgehead atoms. The van der Waals surface area contributed by atoms with Crippen molar-refractivity contribution in [2.45, 2.75) is 399 Å². The molecule has 0 aromatic carbocycles. The first-order chi connectivity index (χ1) is 41.0. The zero-order valence-electron chi connectivity index (χ0n) is 55.7. The lowest BCUT2D eigenvalue weighted by Crippen LogP contribution is -2.30. The van der Waals surface area contributed by atoms with Crippen molar-refractivity contribution in [2.75, 3.05) is 13.2 Å². The van der Waals surface area contributed by atoms with Crippen molar-refractivity contribution in [1.29, 1.82) is 0 Å². The van der Waals surface area contributed by atoms with Crippen molar-refractivity contribution in [1.82, 2.24) is 0 Å². The third kappa shape index (κ3) is 69.8. The first kappa shape index (κ1) is 80.1. The molecule has 0 spiro atoms. The summed E-state index contributed by atoms with van der Waals surface area (Å²) in [7, 11) is 0. The molecule has 0 radical (unpaired) electrons. The summed E-state index contributed by atoms with van der Waals surface area (Å²) < 4.78 is 16.9. The Balaban J connectivity index is 4.09. The van der Waals surface area contributed by atoms with Crippen LogP contribution in [0.25, 0.3) is 0 Å². The van der Waals surface area contributed by atoms with E-state index >= 15 is 0 Å². The van der Waals surface area contributed by atoms with Crippen LogP contribution in [0.1, 0.15) is 393 Å². The number of hydrogen-bond donors (Lipinski definition) is 0. The Labute approximate surface area is 517 Å². The number of ether oxygens (including phenoxy) is 3. The minimum atomic E-state index is -0.788. The van der Waals surface area contributed by atoms with Gasteiger partial charge in [0.1, 0.15) is 13.2 Å². The van der Waals surface area contributed by atoms with Gasteiger partial charge in [-0.3, -0.25) is 14.4 Å². The first-order valence-electron chi connectivity index (χ1n) is 36.8. The molecule has 484 valence electrons. The van der Waals surface area contributed by atoms with E-state index in [2.05, 4.69) is 81.5 Å². The molecule has 0 heterocycles. The van der Waals surface area contributed by atoms with Crippen LogP contribution in [0.15, 0.2) is 60.8 Å². The van der Waals surface area contributed by atoms with Gasteiger partial charge in [0.15, 0.2) is 6.10 Å². The van der Waals surface area contributed by atoms with Gasteiger partial charge in [0.05, 0.1) is 0 Å². The SMILES string of the molecule is CC/C=C\C/C=C\C/C=C\CCCCCC(=O)OCC(COC(=O)CCCCCCCCCCCCCCCCCCCCCCCCC/C=C\CCCCCCCCCC)OC(=O)CCCCCCCCC/C=C\CCCCCCCC. The monoisotopic (exact) mass is 1160 g/mol. The second-order valence-corrected chi connectivity index (χ2v) is 24.8. The van der Waals surface area contributed by atoms with Crippen molar-refractivity contribution in [3.63, 3.8) is 0 Å². The Morgan fingerprint density at radius 2 is 0.470 bits per heavy atom. The lowest BCUT2D eigenvalue weighted by molar-refractivity contribution is -0.167. The number of unbranched alkanes of at least 4 members (excludes halogenated alkanes) is 47. The van der Waals surface area contributed by atoms with E-state index in [1.807, 2.05) is 0 Å². The van der Waals surface area contributed by atoms with Gasteiger partial charge >= 0.3 is 17.9 Å². The third-order valence-corrected chi connectivity index (χ3v) is 16.5. The molecule has 6 nitrogen and oxygen atoms in total. The van der Waals surface area contributed by atoms with E-state index in [0.717, 1.165) is 83.5 Å². The molecule has 0 saturated carbocycles. The molecular formula is C77H140O6. The minimum Gasteiger partial charge on any atom is -0.462 e. The van der Waals surface area contributed by atoms with Crippen molar-refractivity contribution in [3.8, 4) is 0 Å². The van der Waals surface area contributed by atoms with E-state index in [1.54, 1.807) is 0 Å². The van der Waals surface area contributed by atoms with Gasteiger partial charge in [0.2, 0.25) is 0 Å². The summed E-state index contributed by atoms with van der Waals surface area (Å²) >= 11 is 0. The third-order valence-electron chi connectivity index (χ3n) is 16.5. The molecule has 0 aliphatic carbocycles. The minimum absolute atomic E-state index is 0.0818. The fourth-order valence-corrected chi connectivity index (χ4v) is 11.0. The maximum Gasteiger partial charge on any atom is 0.306 e. The molecule has 0 aliphatic rings. The molecule has 1 atom stereocenters. The van der Waals surface area contributed by atoms with Crippen LogP contribution in [0.3, 0.4) is 0 Å². The molecule has 0 rings (SSSR count). The molecule has 0 N–H and O–H groups in total. The number of carbonyl (C=O) groups excluding carboxylic acids is 3. The quantitative estimate of drug-likeness (QED) is 0.0261. The van der Waals surface area contributed by atoms with E-state index in [9.17, 15) is 14.4 Å². The Bertz CT molecular complexity index is 1470. The number of esters is 3. The summed E-state index contributed by atoms with van der Waals surface area (Å²) in [6.07, 6.45) is 92.9. The molecule has 1 unspecified atom stereocenters. The largest absolute Gasteiger partial charge is 0.462 e. The lowest BCUT2D eigenvalue weighted by atomic mass is 10.0. The van der Waals surface area contributed by atoms with Crippen LogP contribution in [0.2, 0.25) is 0 Å². The number of carbonyl (C=O) groups is 3. The first-order valence-corrected chi connectivity index (χ1v) is 36.8. The van der Waals surface area contributed by atoms with Crippen LogP contribution >= 0.6 is 0 Å². The van der Waals surface area contributed by atoms with Gasteiger partial charge in [-0.15, -0.1) is 0 Å². The predicted molar refractivity (Wildman–Crippen MR) is 362 cm³/mol. The van der Waals surface area contributed by atoms with Crippen molar-refractivity contribution in [2.24, 2.45) is 0 Å². The van der Waals surface area contributed by atoms with Crippen LogP contribution in [-0.4, -0.2) is 37.2 Å². The number of rotatable bonds is 68. The Hall–Kier alpha value is -2.89. The molecule has 0 aromatic rings. The summed E-state index contributed by atoms with van der Waals surface area (Å²) in [5.41, 5.74) is 0. The van der Waals surface area contributed by atoms with E-state index < -0.39 is 6.10 Å². The normalized spacial score (nSPS) is 12.4. The van der Waals surface area contributed by atoms with Gasteiger partial charge in [0, 0.05) is 19.3 Å². The van der Waals surface area contributed by atoms with Gasteiger partial charge in [0.25, 0.3) is 0 Å². The molecule has 0 aliphatic heterocycles. The van der Waals surface area contributed by atoms with Gasteiger partial charge in [-0.2, -0.15) is 0 Å². The highest BCUT2D eigenvalue weighted by Gasteiger charge is 2.19. The second kappa shape index (κ2) is 71.6. The maximum atomic E-state index is 12.9. The van der Waals surface area contributed by atoms with Gasteiger partial charge < -0.3 is 14.2 Å². The molecule has 83 heavy (non-hydrogen) atoms. The summed E-state index contributed by atoms with van der Waals surface area (Å²) in [4.78, 5) is 38.4. The Morgan fingerprint density at radius 1 is 0.253 bits per heavy atom. The van der Waals surface area contributed by atoms with Crippen LogP contribution in [0.4, 0.5) is 0 Å². The van der Waals surface area contributed by atoms with E-state index in [0.29, 0.717) is 19.3 Å². The zero-order chi connectivity index (χ0) is 59.9. The smallest absolute Gasteiger partial charge is 0.306 e. The van der Waals surface area contributed by atoms with E-state index in [-0.39, 0.29) is 31.1 Å². The van der Waals surface area contributed by atoms with Gasteiger partial charge in [-0.05, 0) is 103 Å². The van der Waals surface area contributed by atoms with Gasteiger partial charge in [-0.25, -0.2) is 0 Å². The van der Waals surface area contributed by atoms with Crippen molar-refractivity contribution < 1.29 is 28.6 Å². The highest BCUT2D eigenvalue weighted by atomic mass is 16.6. The van der Waals surface area contributed by atoms with Crippen molar-refractivity contribution >= 4 is 17.9 Å². The summed E-state index contributed by atoms with van der Waals surface area (Å²) in [6, 6.07) is 0. The highest BCUT2D eigenvalue weighted by molar-refractivity contribution is 5.71. The molecule has 6 heteroatoms. The van der Waals surface area contributed by atoms with Gasteiger partial charge in [-0.1, -0.05) is 332 Å². The lowest BCUT2D eigenvalue weighted by Gasteiger charge is -2.18. The summed E-state index contributed by atoms with van der Waals surface area (Å²) in [5, 5.41) is 0. The van der Waals surface area contributed by atoms with Crippen LogP contribution in [0.5, 0.6) is 0 Å². The topological polar surface area (TPSA) is 78.9 Å². The zero-order valence-corrected chi connectivity index (χ0v) is 55.7. The average molecular weight is 1160 g/mol. The number of hydrogen-bond acceptors (Lipinski definition) is 6. The van der Waals surface area contributed by atoms with E-state index in [4.69, 9.17) is 14.2 Å². The fourth-order valence-electron chi connectivity index (χ4n) is 11.0. The molecule has 0 aromatic heterocycles. The summed E-state index contributed by atoms with van der Waals surface area (Å²) in [6.45, 7) is 6.55. The maximum absolute atomic E-state index is 12.9. The molecule has 0 saturated heterocycles. The molecule has 0 amide bonds. The summed E-state index contributed by atoms with van der Waals surface area (Å²) in [5.74, 6) is -0.895. The Kier molecular flexibility index (Phi) is 69.1. The number of allylic oxidation sites excluding steroid dienone is 10. The van der Waals surface area contributed by atoms with Crippen LogP contribution in [0, 0.1) is 0 Å². The average Bonchev–Trinajstić information content (AvgIpc) is 3.49. The highest BCUT2D eigenvalue weighted by Crippen LogP contribution is 2.18. The predicted octanol–water partition coefficient (Wildman–Crippen LogP) is 25.5. The van der Waals surface area contributed by atoms with E-state index in [1.165, 1.54) is 270 Å². The second-order valence-electron chi connectivity index (χ2n) is 24.8. The van der Waals surface area contributed by atoms with Crippen molar-refractivity contribution in [3.05, 3.63) is 60.8 Å². The standard InChI is InChI=1S/C77H140O6/c1-4-7-10-13-16-19-22-25-27-29-30-31-32-33-34-35-36-37-38-39-40-41-42-43-44-45-46-48-49-52-55-58-61-64-67-70-76(79)82-73-74(72-81-75(78)69-66-63-60-57-54-51-24-21-18-15-12-9-6-3)83-77(80)71-68-65-62-59-56-53-50-47-28-26-23-20-17-14-11-8-5-2/h9,12,18,21,26,28-30,51,54,74H,4-8,10-11,13-17,19-20,22-25,27,31-50,52-53,55-73H2,1-3H3/b12-9-,21-18-,28-26-,30-29-,54-51-. The van der Waals surface area contributed by atoms with Crippen LogP contribution in [-0.2, 0) is 28.6 Å².